The molecule has 0 radical (unpaired) electrons. The van der Waals surface area contributed by atoms with E-state index in [1.807, 2.05) is 34.6 Å². The normalized spacial score (nSPS) is 13.1. The molecular formula is C15H28N2O3S. The van der Waals surface area contributed by atoms with E-state index in [9.17, 15) is 8.42 Å². The van der Waals surface area contributed by atoms with Crippen LogP contribution in [0.25, 0.3) is 0 Å². The van der Waals surface area contributed by atoms with Gasteiger partial charge in [0.05, 0.1) is 6.54 Å². The second kappa shape index (κ2) is 6.94. The topological polar surface area (TPSA) is 71.3 Å². The van der Waals surface area contributed by atoms with Gasteiger partial charge >= 0.3 is 0 Å². The van der Waals surface area contributed by atoms with Crippen LogP contribution in [-0.2, 0) is 16.6 Å². The summed E-state index contributed by atoms with van der Waals surface area (Å²) >= 11 is 0. The van der Waals surface area contributed by atoms with Crippen molar-refractivity contribution in [2.24, 2.45) is 0 Å². The molecule has 0 aliphatic rings. The predicted octanol–water partition coefficient (Wildman–Crippen LogP) is 2.94. The molecule has 1 aromatic heterocycles. The molecule has 0 fully saturated rings. The Bertz CT molecular complexity index is 557. The molecule has 122 valence electrons. The smallest absolute Gasteiger partial charge is 0.244 e. The van der Waals surface area contributed by atoms with Gasteiger partial charge in [-0.05, 0) is 26.7 Å². The number of nitrogens with one attached hydrogen (secondary N) is 2. The van der Waals surface area contributed by atoms with E-state index >= 15 is 0 Å². The first-order valence-corrected chi connectivity index (χ1v) is 8.98. The van der Waals surface area contributed by atoms with E-state index in [-0.39, 0.29) is 4.90 Å². The number of rotatable bonds is 8. The van der Waals surface area contributed by atoms with Crippen molar-refractivity contribution in [3.63, 3.8) is 0 Å². The second-order valence-corrected chi connectivity index (χ2v) is 7.69. The number of hydrogen-bond donors (Lipinski definition) is 2. The summed E-state index contributed by atoms with van der Waals surface area (Å²) in [7, 11) is -3.56. The SMILES string of the molecule is CCC(C)(CC)NS(=O)(=O)c1cc(CNC(C)C)oc1C. The van der Waals surface area contributed by atoms with Gasteiger partial charge in [0, 0.05) is 17.6 Å². The third kappa shape index (κ3) is 4.83. The number of aryl methyl sites for hydroxylation is 1. The fourth-order valence-corrected chi connectivity index (χ4v) is 3.71. The summed E-state index contributed by atoms with van der Waals surface area (Å²) in [4.78, 5) is 0.233. The van der Waals surface area contributed by atoms with Crippen LogP contribution in [0.4, 0.5) is 0 Å². The summed E-state index contributed by atoms with van der Waals surface area (Å²) in [5.74, 6) is 1.06. The lowest BCUT2D eigenvalue weighted by molar-refractivity contribution is 0.388. The molecule has 5 nitrogen and oxygen atoms in total. The standard InChI is InChI=1S/C15H28N2O3S/c1-7-15(6,8-2)17-21(18,19)14-9-13(20-12(14)5)10-16-11(3)4/h9,11,16-17H,7-8,10H2,1-6H3. The van der Waals surface area contributed by atoms with Crippen molar-refractivity contribution in [2.45, 2.75) is 77.4 Å². The summed E-state index contributed by atoms with van der Waals surface area (Å²) in [6.07, 6.45) is 1.47. The van der Waals surface area contributed by atoms with Gasteiger partial charge in [-0.2, -0.15) is 0 Å². The first-order chi connectivity index (χ1) is 9.63. The quantitative estimate of drug-likeness (QED) is 0.773. The molecule has 2 N–H and O–H groups in total. The molecular weight excluding hydrogens is 288 g/mol. The minimum absolute atomic E-state index is 0.233. The molecule has 0 atom stereocenters. The second-order valence-electron chi connectivity index (χ2n) is 6.04. The lowest BCUT2D eigenvalue weighted by Crippen LogP contribution is -2.44. The van der Waals surface area contributed by atoms with Gasteiger partial charge in [-0.25, -0.2) is 13.1 Å². The van der Waals surface area contributed by atoms with Crippen LogP contribution in [-0.4, -0.2) is 20.0 Å². The van der Waals surface area contributed by atoms with E-state index in [4.69, 9.17) is 4.42 Å². The maximum Gasteiger partial charge on any atom is 0.244 e. The van der Waals surface area contributed by atoms with Crippen LogP contribution in [0.3, 0.4) is 0 Å². The van der Waals surface area contributed by atoms with Crippen molar-refractivity contribution in [1.29, 1.82) is 0 Å². The van der Waals surface area contributed by atoms with Crippen molar-refractivity contribution >= 4 is 10.0 Å². The summed E-state index contributed by atoms with van der Waals surface area (Å²) in [6.45, 7) is 12.1. The van der Waals surface area contributed by atoms with E-state index in [0.717, 1.165) is 12.8 Å². The highest BCUT2D eigenvalue weighted by atomic mass is 32.2. The van der Waals surface area contributed by atoms with Crippen LogP contribution in [0.1, 0.15) is 59.0 Å². The fourth-order valence-electron chi connectivity index (χ4n) is 1.96. The van der Waals surface area contributed by atoms with Crippen LogP contribution >= 0.6 is 0 Å². The molecule has 0 aliphatic carbocycles. The molecule has 0 amide bonds. The Labute approximate surface area is 128 Å². The summed E-state index contributed by atoms with van der Waals surface area (Å²) < 4.78 is 33.4. The van der Waals surface area contributed by atoms with Gasteiger partial charge in [0.15, 0.2) is 0 Å². The van der Waals surface area contributed by atoms with Crippen LogP contribution < -0.4 is 10.0 Å². The highest BCUT2D eigenvalue weighted by Crippen LogP contribution is 2.24. The highest BCUT2D eigenvalue weighted by molar-refractivity contribution is 7.89. The molecule has 6 heteroatoms. The molecule has 21 heavy (non-hydrogen) atoms. The van der Waals surface area contributed by atoms with Gasteiger partial charge in [0.1, 0.15) is 16.4 Å². The first kappa shape index (κ1) is 18.2. The average molecular weight is 316 g/mol. The molecule has 0 aromatic carbocycles. The zero-order valence-corrected chi connectivity index (χ0v) is 14.7. The van der Waals surface area contributed by atoms with Gasteiger partial charge in [-0.1, -0.05) is 27.7 Å². The Kier molecular flexibility index (Phi) is 6.01. The molecule has 0 saturated carbocycles. The number of furan rings is 1. The molecule has 0 unspecified atom stereocenters. The lowest BCUT2D eigenvalue weighted by Gasteiger charge is -2.27. The van der Waals surface area contributed by atoms with Gasteiger partial charge in [0.25, 0.3) is 0 Å². The predicted molar refractivity (Wildman–Crippen MR) is 84.7 cm³/mol. The monoisotopic (exact) mass is 316 g/mol. The van der Waals surface area contributed by atoms with Gasteiger partial charge < -0.3 is 9.73 Å². The van der Waals surface area contributed by atoms with Crippen LogP contribution in [0.15, 0.2) is 15.4 Å². The molecule has 1 aromatic rings. The Morgan fingerprint density at radius 2 is 1.86 bits per heavy atom. The summed E-state index contributed by atoms with van der Waals surface area (Å²) in [6, 6.07) is 1.93. The van der Waals surface area contributed by atoms with E-state index < -0.39 is 15.6 Å². The van der Waals surface area contributed by atoms with Gasteiger partial charge in [-0.3, -0.25) is 0 Å². The van der Waals surface area contributed by atoms with E-state index in [0.29, 0.717) is 24.1 Å². The Hall–Kier alpha value is -0.850. The van der Waals surface area contributed by atoms with E-state index in [2.05, 4.69) is 10.0 Å². The average Bonchev–Trinajstić information content (AvgIpc) is 2.78. The first-order valence-electron chi connectivity index (χ1n) is 7.50. The third-order valence-electron chi connectivity index (χ3n) is 3.84. The lowest BCUT2D eigenvalue weighted by atomic mass is 9.98. The van der Waals surface area contributed by atoms with Crippen molar-refractivity contribution in [3.05, 3.63) is 17.6 Å². The zero-order valence-electron chi connectivity index (χ0n) is 13.9. The van der Waals surface area contributed by atoms with E-state index in [1.54, 1.807) is 13.0 Å². The minimum atomic E-state index is -3.56. The van der Waals surface area contributed by atoms with E-state index in [1.165, 1.54) is 0 Å². The Morgan fingerprint density at radius 1 is 1.29 bits per heavy atom. The molecule has 0 spiro atoms. The number of sulfonamides is 1. The van der Waals surface area contributed by atoms with Crippen LogP contribution in [0.5, 0.6) is 0 Å². The largest absolute Gasteiger partial charge is 0.464 e. The maximum absolute atomic E-state index is 12.5. The molecule has 0 saturated heterocycles. The van der Waals surface area contributed by atoms with Crippen molar-refractivity contribution in [2.75, 3.05) is 0 Å². The van der Waals surface area contributed by atoms with Crippen molar-refractivity contribution in [1.82, 2.24) is 10.0 Å². The van der Waals surface area contributed by atoms with Crippen LogP contribution in [0.2, 0.25) is 0 Å². The van der Waals surface area contributed by atoms with Gasteiger partial charge in [0.2, 0.25) is 10.0 Å². The Morgan fingerprint density at radius 3 is 2.33 bits per heavy atom. The van der Waals surface area contributed by atoms with Crippen molar-refractivity contribution < 1.29 is 12.8 Å². The molecule has 1 heterocycles. The highest BCUT2D eigenvalue weighted by Gasteiger charge is 2.30. The molecule has 0 aliphatic heterocycles. The van der Waals surface area contributed by atoms with Crippen molar-refractivity contribution in [3.8, 4) is 0 Å². The fraction of sp³-hybridized carbons (Fsp3) is 0.733. The summed E-state index contributed by atoms with van der Waals surface area (Å²) in [5, 5.41) is 3.22. The molecule has 0 bridgehead atoms. The summed E-state index contributed by atoms with van der Waals surface area (Å²) in [5.41, 5.74) is -0.432. The minimum Gasteiger partial charge on any atom is -0.464 e. The maximum atomic E-state index is 12.5. The molecule has 1 rings (SSSR count). The third-order valence-corrected chi connectivity index (χ3v) is 5.58. The zero-order chi connectivity index (χ0) is 16.3. The number of hydrogen-bond acceptors (Lipinski definition) is 4. The van der Waals surface area contributed by atoms with Crippen LogP contribution in [0, 0.1) is 6.92 Å². The van der Waals surface area contributed by atoms with Gasteiger partial charge in [-0.15, -0.1) is 0 Å². The Balaban J connectivity index is 2.98.